The van der Waals surface area contributed by atoms with E-state index >= 15 is 0 Å². The van der Waals surface area contributed by atoms with Crippen LogP contribution >= 0.6 is 0 Å². The summed E-state index contributed by atoms with van der Waals surface area (Å²) in [6.45, 7) is 0. The van der Waals surface area contributed by atoms with Gasteiger partial charge in [0.1, 0.15) is 0 Å². The van der Waals surface area contributed by atoms with Crippen molar-refractivity contribution in [1.29, 1.82) is 0 Å². The summed E-state index contributed by atoms with van der Waals surface area (Å²) < 4.78 is 22.4. The molecule has 2 rings (SSSR count). The van der Waals surface area contributed by atoms with E-state index in [0.29, 0.717) is 17.7 Å². The highest BCUT2D eigenvalue weighted by Crippen LogP contribution is 2.15. The van der Waals surface area contributed by atoms with Crippen LogP contribution in [-0.4, -0.2) is 31.1 Å². The van der Waals surface area contributed by atoms with Gasteiger partial charge in [0.15, 0.2) is 0 Å². The van der Waals surface area contributed by atoms with Gasteiger partial charge in [-0.3, -0.25) is 4.79 Å². The number of allylic oxidation sites excluding steroid dienone is 4. The molecule has 0 spiro atoms. The van der Waals surface area contributed by atoms with E-state index in [2.05, 4.69) is 0 Å². The Bertz CT molecular complexity index is 677. The minimum atomic E-state index is -2.32. The second kappa shape index (κ2) is 5.67. The quantitative estimate of drug-likeness (QED) is 0.771. The van der Waals surface area contributed by atoms with Gasteiger partial charge >= 0.3 is 0 Å². The molecule has 0 aliphatic heterocycles. The minimum absolute atomic E-state index is 0.231. The summed E-state index contributed by atoms with van der Waals surface area (Å²) in [5.41, 5.74) is 0.946. The van der Waals surface area contributed by atoms with Crippen LogP contribution in [0.25, 0.3) is 0 Å². The molecule has 0 saturated carbocycles. The fourth-order valence-electron chi connectivity index (χ4n) is 1.87. The predicted octanol–water partition coefficient (Wildman–Crippen LogP) is 1.65. The molecule has 0 aromatic heterocycles. The predicted molar refractivity (Wildman–Crippen MR) is 74.3 cm³/mol. The van der Waals surface area contributed by atoms with Crippen LogP contribution in [0.4, 0.5) is 0 Å². The summed E-state index contributed by atoms with van der Waals surface area (Å²) in [5, 5.41) is 0. The Morgan fingerprint density at radius 2 is 1.89 bits per heavy atom. The number of hydrogen-bond acceptors (Lipinski definition) is 3. The monoisotopic (exact) mass is 275 g/mol. The molecule has 1 amide bonds. The van der Waals surface area contributed by atoms with Crippen LogP contribution < -0.4 is 0 Å². The van der Waals surface area contributed by atoms with E-state index in [1.54, 1.807) is 49.5 Å². The van der Waals surface area contributed by atoms with Crippen molar-refractivity contribution in [1.82, 2.24) is 4.90 Å². The number of amides is 1. The van der Waals surface area contributed by atoms with Gasteiger partial charge in [-0.25, -0.2) is 0 Å². The van der Waals surface area contributed by atoms with Gasteiger partial charge in [-0.15, -0.1) is 0 Å². The molecule has 1 aromatic rings. The second-order valence-corrected chi connectivity index (χ2v) is 5.03. The van der Waals surface area contributed by atoms with Crippen LogP contribution in [0, 0.1) is 0 Å². The Labute approximate surface area is 113 Å². The number of hydrogen-bond donors (Lipinski definition) is 0. The lowest BCUT2D eigenvalue weighted by Crippen LogP contribution is -2.31. The molecule has 4 nitrogen and oxygen atoms in total. The highest BCUT2D eigenvalue weighted by Gasteiger charge is 2.20. The van der Waals surface area contributed by atoms with Gasteiger partial charge in [-0.1, -0.05) is 30.4 Å². The van der Waals surface area contributed by atoms with E-state index in [1.807, 2.05) is 6.07 Å². The van der Waals surface area contributed by atoms with Crippen LogP contribution in [0.3, 0.4) is 0 Å². The molecule has 1 aromatic carbocycles. The average molecular weight is 275 g/mol. The van der Waals surface area contributed by atoms with Crippen molar-refractivity contribution in [2.45, 2.75) is 6.42 Å². The van der Waals surface area contributed by atoms with Gasteiger partial charge < -0.3 is 4.90 Å². The zero-order valence-electron chi connectivity index (χ0n) is 10.4. The topological polar surface area (TPSA) is 54.5 Å². The Balaban J connectivity index is 2.37. The van der Waals surface area contributed by atoms with E-state index in [1.165, 1.54) is 4.90 Å². The van der Waals surface area contributed by atoms with Gasteiger partial charge in [0.05, 0.1) is 10.6 Å². The first-order valence-corrected chi connectivity index (χ1v) is 6.84. The molecule has 0 N–H and O–H groups in total. The fourth-order valence-corrected chi connectivity index (χ4v) is 2.48. The fraction of sp³-hybridized carbons (Fsp3) is 0.143. The van der Waals surface area contributed by atoms with Gasteiger partial charge in [0.25, 0.3) is 5.91 Å². The smallest absolute Gasteiger partial charge is 0.258 e. The lowest BCUT2D eigenvalue weighted by atomic mass is 10.1. The van der Waals surface area contributed by atoms with Crippen molar-refractivity contribution in [2.24, 2.45) is 0 Å². The van der Waals surface area contributed by atoms with Crippen LogP contribution in [0.2, 0.25) is 0 Å². The SMILES string of the molecule is CN(C(=O)c1ccccc1)C1=CC=CCC1=S(=O)=O. The number of carbonyl (C=O) groups excluding carboxylic acids is 1. The molecule has 0 radical (unpaired) electrons. The molecule has 0 unspecified atom stereocenters. The molecular weight excluding hydrogens is 262 g/mol. The Morgan fingerprint density at radius 3 is 2.53 bits per heavy atom. The molecule has 0 fully saturated rings. The summed E-state index contributed by atoms with van der Waals surface area (Å²) in [6, 6.07) is 8.76. The van der Waals surface area contributed by atoms with Crippen LogP contribution in [0.5, 0.6) is 0 Å². The molecule has 1 aliphatic rings. The minimum Gasteiger partial charge on any atom is -0.310 e. The maximum atomic E-state index is 12.3. The van der Waals surface area contributed by atoms with Crippen molar-refractivity contribution in [3.8, 4) is 0 Å². The lowest BCUT2D eigenvalue weighted by molar-refractivity contribution is 0.0843. The third-order valence-electron chi connectivity index (χ3n) is 2.87. The van der Waals surface area contributed by atoms with E-state index in [-0.39, 0.29) is 10.8 Å². The third kappa shape index (κ3) is 2.82. The van der Waals surface area contributed by atoms with Gasteiger partial charge in [0, 0.05) is 19.0 Å². The number of rotatable bonds is 2. The molecule has 19 heavy (non-hydrogen) atoms. The zero-order chi connectivity index (χ0) is 13.8. The first-order valence-electron chi connectivity index (χ1n) is 5.76. The molecule has 5 heteroatoms. The van der Waals surface area contributed by atoms with E-state index in [0.717, 1.165) is 0 Å². The maximum Gasteiger partial charge on any atom is 0.258 e. The average Bonchev–Trinajstić information content (AvgIpc) is 2.46. The zero-order valence-corrected chi connectivity index (χ0v) is 11.2. The lowest BCUT2D eigenvalue weighted by Gasteiger charge is -2.22. The van der Waals surface area contributed by atoms with E-state index < -0.39 is 10.3 Å². The number of benzene rings is 1. The van der Waals surface area contributed by atoms with Gasteiger partial charge in [-0.05, 0) is 18.2 Å². The van der Waals surface area contributed by atoms with Crippen molar-refractivity contribution in [2.75, 3.05) is 7.05 Å². The molecule has 0 atom stereocenters. The second-order valence-electron chi connectivity index (χ2n) is 4.07. The van der Waals surface area contributed by atoms with Gasteiger partial charge in [0.2, 0.25) is 10.3 Å². The Kier molecular flexibility index (Phi) is 3.97. The molecule has 0 bridgehead atoms. The van der Waals surface area contributed by atoms with Crippen molar-refractivity contribution >= 4 is 21.1 Å². The first-order chi connectivity index (χ1) is 9.11. The van der Waals surface area contributed by atoms with Crippen molar-refractivity contribution in [3.05, 3.63) is 59.8 Å². The summed E-state index contributed by atoms with van der Waals surface area (Å²) in [7, 11) is -0.746. The normalized spacial score (nSPS) is 13.9. The largest absolute Gasteiger partial charge is 0.310 e. The van der Waals surface area contributed by atoms with Crippen LogP contribution in [-0.2, 0) is 10.3 Å². The van der Waals surface area contributed by atoms with E-state index in [9.17, 15) is 13.2 Å². The summed E-state index contributed by atoms with van der Waals surface area (Å²) in [4.78, 5) is 13.9. The summed E-state index contributed by atoms with van der Waals surface area (Å²) in [5.74, 6) is -0.231. The highest BCUT2D eigenvalue weighted by atomic mass is 32.2. The number of nitrogens with zero attached hydrogens (tertiary/aromatic N) is 1. The van der Waals surface area contributed by atoms with E-state index in [4.69, 9.17) is 0 Å². The molecule has 0 saturated heterocycles. The standard InChI is InChI=1S/C14H13NO3S/c1-15(14(16)11-7-3-2-4-8-11)12-9-5-6-10-13(12)19(17)18/h2-9H,10H2,1H3. The van der Waals surface area contributed by atoms with Crippen molar-refractivity contribution < 1.29 is 13.2 Å². The summed E-state index contributed by atoms with van der Waals surface area (Å²) >= 11 is 0. The Hall–Kier alpha value is -2.14. The first kappa shape index (κ1) is 13.3. The maximum absolute atomic E-state index is 12.3. The van der Waals surface area contributed by atoms with Crippen LogP contribution in [0.1, 0.15) is 16.8 Å². The highest BCUT2D eigenvalue weighted by molar-refractivity contribution is 7.73. The van der Waals surface area contributed by atoms with Crippen molar-refractivity contribution in [3.63, 3.8) is 0 Å². The Morgan fingerprint density at radius 1 is 1.21 bits per heavy atom. The third-order valence-corrected chi connectivity index (χ3v) is 3.65. The molecular formula is C14H13NO3S. The molecule has 0 heterocycles. The molecule has 98 valence electrons. The molecule has 1 aliphatic carbocycles. The van der Waals surface area contributed by atoms with Crippen LogP contribution in [0.15, 0.2) is 54.3 Å². The number of carbonyl (C=O) groups is 1. The summed E-state index contributed by atoms with van der Waals surface area (Å²) in [6.07, 6.45) is 5.44. The van der Waals surface area contributed by atoms with Gasteiger partial charge in [-0.2, -0.15) is 8.42 Å².